The molecule has 3 atom stereocenters. The van der Waals surface area contributed by atoms with E-state index in [1.807, 2.05) is 0 Å². The van der Waals surface area contributed by atoms with Crippen LogP contribution in [-0.4, -0.2) is 25.7 Å². The van der Waals surface area contributed by atoms with Crippen LogP contribution in [-0.2, 0) is 12.3 Å². The molecule has 0 amide bonds. The van der Waals surface area contributed by atoms with Crippen LogP contribution in [0.15, 0.2) is 0 Å². The molecule has 3 nitrogen and oxygen atoms in total. The minimum absolute atomic E-state index is 0.538. The molecule has 0 spiro atoms. The van der Waals surface area contributed by atoms with Gasteiger partial charge in [-0.1, -0.05) is 81.6 Å². The van der Waals surface area contributed by atoms with Crippen molar-refractivity contribution in [3.8, 4) is 0 Å². The van der Waals surface area contributed by atoms with Gasteiger partial charge in [0.1, 0.15) is 0 Å². The van der Waals surface area contributed by atoms with Crippen molar-refractivity contribution in [1.82, 2.24) is 0 Å². The van der Waals surface area contributed by atoms with Crippen LogP contribution in [0.1, 0.15) is 81.6 Å². The Labute approximate surface area is 154 Å². The largest absolute Gasteiger partial charge is 0.415 e. The average Bonchev–Trinajstić information content (AvgIpc) is 2.64. The summed E-state index contributed by atoms with van der Waals surface area (Å²) in [7, 11) is -6.70. The summed E-state index contributed by atoms with van der Waals surface area (Å²) in [5.74, 6) is 0. The number of hydrogen-bond donors (Lipinski definition) is 0. The Bertz CT molecular complexity index is 329. The Balaban J connectivity index is 3.49. The van der Waals surface area contributed by atoms with Crippen molar-refractivity contribution in [3.05, 3.63) is 0 Å². The quantitative estimate of drug-likeness (QED) is 0.403. The third-order valence-corrected chi connectivity index (χ3v) is 23.6. The smallest absolute Gasteiger partial charge is 0.323 e. The van der Waals surface area contributed by atoms with Crippen LogP contribution < -0.4 is 0 Å². The molecule has 1 rings (SSSR count). The van der Waals surface area contributed by atoms with Gasteiger partial charge in [0, 0.05) is 0 Å². The second kappa shape index (κ2) is 8.95. The maximum Gasteiger partial charge on any atom is 0.323 e. The van der Waals surface area contributed by atoms with Crippen molar-refractivity contribution in [3.63, 3.8) is 0 Å². The highest BCUT2D eigenvalue weighted by Gasteiger charge is 2.64. The topological polar surface area (TPSA) is 27.7 Å². The van der Waals surface area contributed by atoms with Crippen molar-refractivity contribution in [2.45, 2.75) is 116 Å². The van der Waals surface area contributed by atoms with Gasteiger partial charge >= 0.3 is 25.7 Å². The van der Waals surface area contributed by atoms with Gasteiger partial charge in [-0.3, -0.25) is 0 Å². The van der Waals surface area contributed by atoms with Gasteiger partial charge in [0.2, 0.25) is 0 Å². The van der Waals surface area contributed by atoms with E-state index in [9.17, 15) is 0 Å². The van der Waals surface area contributed by atoms with E-state index in [1.54, 1.807) is 0 Å². The molecule has 0 bridgehead atoms. The zero-order valence-electron chi connectivity index (χ0n) is 17.7. The Hall–Kier alpha value is 0.531. The number of rotatable bonds is 9. The van der Waals surface area contributed by atoms with Gasteiger partial charge in [0.15, 0.2) is 0 Å². The van der Waals surface area contributed by atoms with Crippen LogP contribution in [0.4, 0.5) is 0 Å². The van der Waals surface area contributed by atoms with E-state index in [4.69, 9.17) is 12.3 Å². The van der Waals surface area contributed by atoms with Crippen molar-refractivity contribution < 1.29 is 12.3 Å². The lowest BCUT2D eigenvalue weighted by Gasteiger charge is -2.57. The summed E-state index contributed by atoms with van der Waals surface area (Å²) in [5.41, 5.74) is 1.61. The van der Waals surface area contributed by atoms with Gasteiger partial charge in [-0.15, -0.1) is 0 Å². The zero-order valence-corrected chi connectivity index (χ0v) is 20.7. The molecule has 0 aromatic heterocycles. The monoisotopic (exact) mass is 390 g/mol. The summed E-state index contributed by atoms with van der Waals surface area (Å²) in [6.07, 6.45) is 3.43. The highest BCUT2D eigenvalue weighted by atomic mass is 28.5. The van der Waals surface area contributed by atoms with Gasteiger partial charge in [0.05, 0.1) is 0 Å². The van der Waals surface area contributed by atoms with Crippen LogP contribution in [0.2, 0.25) is 34.8 Å². The molecule has 1 fully saturated rings. The first kappa shape index (κ1) is 22.6. The van der Waals surface area contributed by atoms with Gasteiger partial charge in [-0.25, -0.2) is 0 Å². The van der Waals surface area contributed by atoms with Gasteiger partial charge in [0.25, 0.3) is 0 Å². The SMILES string of the molecule is CCC(C)[Si]1(CC)O[Si](CC)(C(C)CC)O[Si](CC)(C(C)CC)O1. The maximum atomic E-state index is 7.09. The van der Waals surface area contributed by atoms with E-state index >= 15 is 0 Å². The fourth-order valence-electron chi connectivity index (χ4n) is 3.95. The van der Waals surface area contributed by atoms with Gasteiger partial charge < -0.3 is 12.3 Å². The predicted molar refractivity (Wildman–Crippen MR) is 111 cm³/mol. The summed E-state index contributed by atoms with van der Waals surface area (Å²) >= 11 is 0. The summed E-state index contributed by atoms with van der Waals surface area (Å²) < 4.78 is 21.3. The first-order valence-corrected chi connectivity index (χ1v) is 16.7. The maximum absolute atomic E-state index is 7.09. The molecule has 0 N–H and O–H groups in total. The lowest BCUT2D eigenvalue weighted by molar-refractivity contribution is 0.186. The van der Waals surface area contributed by atoms with E-state index in [1.165, 1.54) is 0 Å². The van der Waals surface area contributed by atoms with Crippen LogP contribution in [0.5, 0.6) is 0 Å². The molecular formula is C18H42O3Si3. The second-order valence-electron chi connectivity index (χ2n) is 7.73. The highest BCUT2D eigenvalue weighted by molar-refractivity contribution is 6.96. The standard InChI is InChI=1S/C18H42O3Si3/c1-10-16(7)22(13-4)19-23(14-5,17(8)11-2)21-24(15-6,20-22)18(9)12-3/h16-18H,10-15H2,1-9H3. The molecule has 1 aliphatic heterocycles. The summed E-state index contributed by atoms with van der Waals surface area (Å²) in [6.45, 7) is 20.8. The van der Waals surface area contributed by atoms with Gasteiger partial charge in [-0.2, -0.15) is 0 Å². The number of hydrogen-bond acceptors (Lipinski definition) is 3. The molecule has 24 heavy (non-hydrogen) atoms. The molecular weight excluding hydrogens is 348 g/mol. The summed E-state index contributed by atoms with van der Waals surface area (Å²) in [4.78, 5) is 0. The third kappa shape index (κ3) is 3.93. The molecule has 0 aromatic rings. The molecule has 144 valence electrons. The van der Waals surface area contributed by atoms with E-state index in [2.05, 4.69) is 62.3 Å². The average molecular weight is 391 g/mol. The van der Waals surface area contributed by atoms with Crippen LogP contribution >= 0.6 is 0 Å². The van der Waals surface area contributed by atoms with E-state index in [0.717, 1.165) is 37.4 Å². The first-order chi connectivity index (χ1) is 11.2. The second-order valence-corrected chi connectivity index (χ2v) is 20.1. The Morgan fingerprint density at radius 1 is 0.500 bits per heavy atom. The molecule has 0 saturated carbocycles. The highest BCUT2D eigenvalue weighted by Crippen LogP contribution is 2.50. The lowest BCUT2D eigenvalue weighted by atomic mass is 10.4. The predicted octanol–water partition coefficient (Wildman–Crippen LogP) is 6.84. The van der Waals surface area contributed by atoms with E-state index < -0.39 is 25.7 Å². The van der Waals surface area contributed by atoms with Crippen LogP contribution in [0.25, 0.3) is 0 Å². The molecule has 0 aromatic carbocycles. The molecule has 0 aliphatic carbocycles. The lowest BCUT2D eigenvalue weighted by Crippen LogP contribution is -2.72. The van der Waals surface area contributed by atoms with Crippen molar-refractivity contribution in [2.75, 3.05) is 0 Å². The molecule has 0 radical (unpaired) electrons. The molecule has 3 unspecified atom stereocenters. The minimum Gasteiger partial charge on any atom is -0.415 e. The Morgan fingerprint density at radius 3 is 0.833 bits per heavy atom. The van der Waals surface area contributed by atoms with E-state index in [0.29, 0.717) is 16.6 Å². The van der Waals surface area contributed by atoms with Gasteiger partial charge in [-0.05, 0) is 34.8 Å². The summed E-state index contributed by atoms with van der Waals surface area (Å²) in [6, 6.07) is 3.17. The van der Waals surface area contributed by atoms with Crippen LogP contribution in [0.3, 0.4) is 0 Å². The molecule has 1 heterocycles. The Morgan fingerprint density at radius 2 is 0.708 bits per heavy atom. The fraction of sp³-hybridized carbons (Fsp3) is 1.00. The zero-order chi connectivity index (χ0) is 18.6. The molecule has 1 saturated heterocycles. The minimum atomic E-state index is -2.23. The summed E-state index contributed by atoms with van der Waals surface area (Å²) in [5, 5.41) is 0. The van der Waals surface area contributed by atoms with Crippen molar-refractivity contribution in [1.29, 1.82) is 0 Å². The van der Waals surface area contributed by atoms with E-state index in [-0.39, 0.29) is 0 Å². The van der Waals surface area contributed by atoms with Crippen molar-refractivity contribution in [2.24, 2.45) is 0 Å². The Kier molecular flexibility index (Phi) is 8.42. The first-order valence-electron chi connectivity index (χ1n) is 10.4. The van der Waals surface area contributed by atoms with Crippen molar-refractivity contribution >= 4 is 25.7 Å². The third-order valence-electron chi connectivity index (χ3n) is 6.60. The molecule has 6 heteroatoms. The fourth-order valence-corrected chi connectivity index (χ4v) is 24.8. The van der Waals surface area contributed by atoms with Crippen LogP contribution in [0, 0.1) is 0 Å². The molecule has 1 aliphatic rings. The normalized spacial score (nSPS) is 37.9.